The van der Waals surface area contributed by atoms with Crippen molar-refractivity contribution in [2.45, 2.75) is 6.92 Å². The normalized spacial score (nSPS) is 10.5. The molecule has 168 valence electrons. The molecule has 4 aromatic rings. The Labute approximate surface area is 191 Å². The SMILES string of the molecule is COc1cc(NC(=O)c2ccc(-c3nnc(-c4ccccc4C)o3)cc2)cc(OC)c1OC. The van der Waals surface area contributed by atoms with Crippen LogP contribution in [0.15, 0.2) is 65.1 Å². The van der Waals surface area contributed by atoms with E-state index in [9.17, 15) is 4.79 Å². The molecule has 0 aliphatic rings. The maximum absolute atomic E-state index is 12.8. The van der Waals surface area contributed by atoms with Gasteiger partial charge in [0, 0.05) is 34.5 Å². The summed E-state index contributed by atoms with van der Waals surface area (Å²) < 4.78 is 21.8. The third kappa shape index (κ3) is 4.50. The van der Waals surface area contributed by atoms with Gasteiger partial charge in [-0.3, -0.25) is 4.79 Å². The van der Waals surface area contributed by atoms with Crippen LogP contribution in [-0.4, -0.2) is 37.4 Å². The minimum atomic E-state index is -0.290. The minimum Gasteiger partial charge on any atom is -0.493 e. The Hall–Kier alpha value is -4.33. The molecule has 8 heteroatoms. The molecule has 0 saturated carbocycles. The van der Waals surface area contributed by atoms with E-state index in [4.69, 9.17) is 18.6 Å². The first-order chi connectivity index (χ1) is 16.0. The van der Waals surface area contributed by atoms with E-state index in [1.54, 1.807) is 36.4 Å². The van der Waals surface area contributed by atoms with Gasteiger partial charge in [0.2, 0.25) is 17.5 Å². The van der Waals surface area contributed by atoms with Gasteiger partial charge in [-0.15, -0.1) is 10.2 Å². The zero-order chi connectivity index (χ0) is 23.4. The topological polar surface area (TPSA) is 95.7 Å². The van der Waals surface area contributed by atoms with Crippen molar-refractivity contribution >= 4 is 11.6 Å². The van der Waals surface area contributed by atoms with Gasteiger partial charge in [-0.25, -0.2) is 0 Å². The Kier molecular flexibility index (Phi) is 6.26. The van der Waals surface area contributed by atoms with Gasteiger partial charge in [-0.1, -0.05) is 18.2 Å². The zero-order valence-electron chi connectivity index (χ0n) is 18.7. The number of rotatable bonds is 7. The van der Waals surface area contributed by atoms with Crippen molar-refractivity contribution in [3.63, 3.8) is 0 Å². The summed E-state index contributed by atoms with van der Waals surface area (Å²) in [7, 11) is 4.56. The highest BCUT2D eigenvalue weighted by atomic mass is 16.5. The molecular weight excluding hydrogens is 422 g/mol. The van der Waals surface area contributed by atoms with Crippen LogP contribution in [0.25, 0.3) is 22.9 Å². The molecule has 1 aromatic heterocycles. The third-order valence-corrected chi connectivity index (χ3v) is 5.12. The quantitative estimate of drug-likeness (QED) is 0.428. The van der Waals surface area contributed by atoms with Crippen molar-refractivity contribution in [3.8, 4) is 40.2 Å². The first-order valence-electron chi connectivity index (χ1n) is 10.2. The molecule has 0 fully saturated rings. The summed E-state index contributed by atoms with van der Waals surface area (Å²) in [5, 5.41) is 11.1. The summed E-state index contributed by atoms with van der Waals surface area (Å²) in [6.07, 6.45) is 0. The Morgan fingerprint density at radius 3 is 2.09 bits per heavy atom. The molecule has 0 saturated heterocycles. The molecule has 0 spiro atoms. The van der Waals surface area contributed by atoms with E-state index in [0.29, 0.717) is 45.8 Å². The molecule has 4 rings (SSSR count). The van der Waals surface area contributed by atoms with Gasteiger partial charge in [-0.05, 0) is 42.8 Å². The maximum atomic E-state index is 12.8. The van der Waals surface area contributed by atoms with Crippen LogP contribution < -0.4 is 19.5 Å². The van der Waals surface area contributed by atoms with E-state index in [1.807, 2.05) is 31.2 Å². The molecule has 0 atom stereocenters. The molecule has 33 heavy (non-hydrogen) atoms. The van der Waals surface area contributed by atoms with Crippen molar-refractivity contribution in [2.24, 2.45) is 0 Å². The van der Waals surface area contributed by atoms with Crippen LogP contribution in [0.1, 0.15) is 15.9 Å². The number of nitrogens with zero attached hydrogens (tertiary/aromatic N) is 2. The standard InChI is InChI=1S/C25H23N3O5/c1-15-7-5-6-8-19(15)25-28-27-24(33-25)17-11-9-16(10-12-17)23(29)26-18-13-20(30-2)22(32-4)21(14-18)31-3/h5-14H,1-4H3,(H,26,29). The smallest absolute Gasteiger partial charge is 0.255 e. The van der Waals surface area contributed by atoms with Gasteiger partial charge in [-0.2, -0.15) is 0 Å². The second-order valence-corrected chi connectivity index (χ2v) is 7.17. The average molecular weight is 445 g/mol. The number of anilines is 1. The largest absolute Gasteiger partial charge is 0.493 e. The lowest BCUT2D eigenvalue weighted by Gasteiger charge is -2.14. The predicted molar refractivity (Wildman–Crippen MR) is 124 cm³/mol. The lowest BCUT2D eigenvalue weighted by Crippen LogP contribution is -2.12. The molecule has 1 N–H and O–H groups in total. The van der Waals surface area contributed by atoms with Crippen molar-refractivity contribution < 1.29 is 23.4 Å². The molecular formula is C25H23N3O5. The fourth-order valence-electron chi connectivity index (χ4n) is 3.38. The second-order valence-electron chi connectivity index (χ2n) is 7.17. The number of benzene rings is 3. The Morgan fingerprint density at radius 1 is 0.848 bits per heavy atom. The first kappa shape index (κ1) is 21.9. The highest BCUT2D eigenvalue weighted by molar-refractivity contribution is 6.04. The fraction of sp³-hybridized carbons (Fsp3) is 0.160. The van der Waals surface area contributed by atoms with Crippen molar-refractivity contribution in [2.75, 3.05) is 26.6 Å². The molecule has 1 heterocycles. The Balaban J connectivity index is 1.52. The average Bonchev–Trinajstić information content (AvgIpc) is 3.33. The molecule has 0 aliphatic carbocycles. The number of aromatic nitrogens is 2. The summed E-state index contributed by atoms with van der Waals surface area (Å²) >= 11 is 0. The molecule has 0 aliphatic heterocycles. The van der Waals surface area contributed by atoms with Crippen LogP contribution in [0.5, 0.6) is 17.2 Å². The van der Waals surface area contributed by atoms with E-state index in [2.05, 4.69) is 15.5 Å². The van der Waals surface area contributed by atoms with Gasteiger partial charge in [0.15, 0.2) is 11.5 Å². The number of methoxy groups -OCH3 is 3. The Bertz CT molecular complexity index is 1260. The number of hydrogen-bond acceptors (Lipinski definition) is 7. The molecule has 3 aromatic carbocycles. The van der Waals surface area contributed by atoms with Crippen molar-refractivity contribution in [1.82, 2.24) is 10.2 Å². The summed E-state index contributed by atoms with van der Waals surface area (Å²) in [4.78, 5) is 12.8. The third-order valence-electron chi connectivity index (χ3n) is 5.12. The van der Waals surface area contributed by atoms with Crippen LogP contribution in [0.3, 0.4) is 0 Å². The summed E-state index contributed by atoms with van der Waals surface area (Å²) in [6.45, 7) is 1.99. The van der Waals surface area contributed by atoms with Gasteiger partial charge in [0.1, 0.15) is 0 Å². The number of hydrogen-bond donors (Lipinski definition) is 1. The monoisotopic (exact) mass is 445 g/mol. The van der Waals surface area contributed by atoms with E-state index >= 15 is 0 Å². The first-order valence-corrected chi connectivity index (χ1v) is 10.2. The number of amides is 1. The number of carbonyl (C=O) groups is 1. The van der Waals surface area contributed by atoms with E-state index < -0.39 is 0 Å². The summed E-state index contributed by atoms with van der Waals surface area (Å²) in [5.41, 5.74) is 3.63. The van der Waals surface area contributed by atoms with Gasteiger partial charge >= 0.3 is 0 Å². The molecule has 1 amide bonds. The van der Waals surface area contributed by atoms with E-state index in [-0.39, 0.29) is 5.91 Å². The number of aryl methyl sites for hydroxylation is 1. The lowest BCUT2D eigenvalue weighted by atomic mass is 10.1. The Morgan fingerprint density at radius 2 is 1.48 bits per heavy atom. The van der Waals surface area contributed by atoms with Crippen LogP contribution in [0.4, 0.5) is 5.69 Å². The highest BCUT2D eigenvalue weighted by Crippen LogP contribution is 2.40. The van der Waals surface area contributed by atoms with E-state index in [0.717, 1.165) is 11.1 Å². The minimum absolute atomic E-state index is 0.290. The van der Waals surface area contributed by atoms with Gasteiger partial charge in [0.25, 0.3) is 5.91 Å². The van der Waals surface area contributed by atoms with E-state index in [1.165, 1.54) is 21.3 Å². The van der Waals surface area contributed by atoms with Gasteiger partial charge in [0.05, 0.1) is 21.3 Å². The lowest BCUT2D eigenvalue weighted by molar-refractivity contribution is 0.102. The maximum Gasteiger partial charge on any atom is 0.255 e. The van der Waals surface area contributed by atoms with Crippen molar-refractivity contribution in [3.05, 3.63) is 71.8 Å². The van der Waals surface area contributed by atoms with Crippen LogP contribution in [0, 0.1) is 6.92 Å². The molecule has 8 nitrogen and oxygen atoms in total. The molecule has 0 bridgehead atoms. The highest BCUT2D eigenvalue weighted by Gasteiger charge is 2.16. The summed E-state index contributed by atoms with van der Waals surface area (Å²) in [5.74, 6) is 1.89. The number of nitrogens with one attached hydrogen (secondary N) is 1. The van der Waals surface area contributed by atoms with Crippen LogP contribution in [0.2, 0.25) is 0 Å². The van der Waals surface area contributed by atoms with Crippen molar-refractivity contribution in [1.29, 1.82) is 0 Å². The fourth-order valence-corrected chi connectivity index (χ4v) is 3.38. The second kappa shape index (κ2) is 9.44. The zero-order valence-corrected chi connectivity index (χ0v) is 18.7. The summed E-state index contributed by atoms with van der Waals surface area (Å²) in [6, 6.07) is 18.0. The molecule has 0 unspecified atom stereocenters. The van der Waals surface area contributed by atoms with Crippen LogP contribution in [-0.2, 0) is 0 Å². The predicted octanol–water partition coefficient (Wildman–Crippen LogP) is 4.99. The number of carbonyl (C=O) groups excluding carboxylic acids is 1. The van der Waals surface area contributed by atoms with Gasteiger partial charge < -0.3 is 23.9 Å². The number of ether oxygens (including phenoxy) is 3. The molecule has 0 radical (unpaired) electrons. The van der Waals surface area contributed by atoms with Crippen LogP contribution >= 0.6 is 0 Å².